The van der Waals surface area contributed by atoms with E-state index in [-0.39, 0.29) is 0 Å². The fraction of sp³-hybridized carbons (Fsp3) is 0.478. The highest BCUT2D eigenvalue weighted by atomic mass is 16.5. The van der Waals surface area contributed by atoms with E-state index in [1.807, 2.05) is 30.3 Å². The summed E-state index contributed by atoms with van der Waals surface area (Å²) in [4.78, 5) is 11.0. The molecule has 0 saturated carbocycles. The molecule has 0 amide bonds. The summed E-state index contributed by atoms with van der Waals surface area (Å²) in [6.07, 6.45) is 1.78. The second kappa shape index (κ2) is 12.1. The van der Waals surface area contributed by atoms with Crippen molar-refractivity contribution in [2.75, 3.05) is 20.1 Å². The second-order valence-corrected chi connectivity index (χ2v) is 7.53. The van der Waals surface area contributed by atoms with Crippen LogP contribution in [0.3, 0.4) is 0 Å². The van der Waals surface area contributed by atoms with Crippen LogP contribution in [0.2, 0.25) is 0 Å². The summed E-state index contributed by atoms with van der Waals surface area (Å²) >= 11 is 0. The number of pyridine rings is 1. The van der Waals surface area contributed by atoms with Crippen molar-refractivity contribution < 1.29 is 4.74 Å². The van der Waals surface area contributed by atoms with Gasteiger partial charge in [-0.1, -0.05) is 18.2 Å². The average Bonchev–Trinajstić information content (AvgIpc) is 2.72. The standard InChI is InChI=1S/C23H35N5O/c1-18(2)28(19(3)4)15-14-26-23(24-5)27-16-20-9-11-22(12-10-20)29-17-21-8-6-7-13-25-21/h6-13,18-19H,14-17H2,1-5H3,(H2,24,26,27). The van der Waals surface area contributed by atoms with Gasteiger partial charge in [-0.2, -0.15) is 0 Å². The molecular formula is C23H35N5O. The van der Waals surface area contributed by atoms with Crippen molar-refractivity contribution in [1.82, 2.24) is 20.5 Å². The molecule has 0 aliphatic heterocycles. The lowest BCUT2D eigenvalue weighted by Gasteiger charge is -2.30. The summed E-state index contributed by atoms with van der Waals surface area (Å²) in [5.41, 5.74) is 2.09. The van der Waals surface area contributed by atoms with Crippen LogP contribution < -0.4 is 15.4 Å². The number of nitrogens with zero attached hydrogens (tertiary/aromatic N) is 3. The zero-order chi connectivity index (χ0) is 21.1. The molecule has 2 N–H and O–H groups in total. The highest BCUT2D eigenvalue weighted by molar-refractivity contribution is 5.79. The smallest absolute Gasteiger partial charge is 0.191 e. The molecule has 1 heterocycles. The molecule has 0 radical (unpaired) electrons. The van der Waals surface area contributed by atoms with Crippen LogP contribution in [0.5, 0.6) is 5.75 Å². The number of benzene rings is 1. The van der Waals surface area contributed by atoms with E-state index in [2.05, 4.69) is 65.3 Å². The minimum absolute atomic E-state index is 0.471. The lowest BCUT2D eigenvalue weighted by atomic mass is 10.2. The van der Waals surface area contributed by atoms with Gasteiger partial charge in [-0.25, -0.2) is 0 Å². The Balaban J connectivity index is 1.74. The molecule has 2 aromatic rings. The summed E-state index contributed by atoms with van der Waals surface area (Å²) in [6.45, 7) is 12.0. The Morgan fingerprint density at radius 2 is 1.76 bits per heavy atom. The van der Waals surface area contributed by atoms with Crippen molar-refractivity contribution in [2.45, 2.75) is 52.9 Å². The quantitative estimate of drug-likeness (QED) is 0.475. The van der Waals surface area contributed by atoms with E-state index in [4.69, 9.17) is 4.74 Å². The molecular weight excluding hydrogens is 362 g/mol. The van der Waals surface area contributed by atoms with Crippen LogP contribution in [0.15, 0.2) is 53.7 Å². The molecule has 1 aromatic heterocycles. The molecule has 0 spiro atoms. The van der Waals surface area contributed by atoms with Crippen LogP contribution in [-0.2, 0) is 13.2 Å². The number of hydrogen-bond acceptors (Lipinski definition) is 4. The summed E-state index contributed by atoms with van der Waals surface area (Å²) in [5, 5.41) is 6.76. The van der Waals surface area contributed by atoms with Gasteiger partial charge in [0.2, 0.25) is 0 Å². The first-order valence-corrected chi connectivity index (χ1v) is 10.3. The highest BCUT2D eigenvalue weighted by Gasteiger charge is 2.12. The third-order valence-electron chi connectivity index (χ3n) is 4.71. The highest BCUT2D eigenvalue weighted by Crippen LogP contribution is 2.13. The van der Waals surface area contributed by atoms with E-state index >= 15 is 0 Å². The lowest BCUT2D eigenvalue weighted by molar-refractivity contribution is 0.178. The first kappa shape index (κ1) is 22.7. The third kappa shape index (κ3) is 8.11. The molecule has 0 atom stereocenters. The second-order valence-electron chi connectivity index (χ2n) is 7.53. The lowest BCUT2D eigenvalue weighted by Crippen LogP contribution is -2.45. The molecule has 29 heavy (non-hydrogen) atoms. The van der Waals surface area contributed by atoms with Gasteiger partial charge in [0.1, 0.15) is 12.4 Å². The monoisotopic (exact) mass is 397 g/mol. The van der Waals surface area contributed by atoms with Gasteiger partial charge in [0.05, 0.1) is 5.69 Å². The Morgan fingerprint density at radius 3 is 2.34 bits per heavy atom. The van der Waals surface area contributed by atoms with Gasteiger partial charge in [-0.15, -0.1) is 0 Å². The molecule has 0 aliphatic rings. The van der Waals surface area contributed by atoms with Crippen LogP contribution in [0.1, 0.15) is 39.0 Å². The minimum atomic E-state index is 0.471. The SMILES string of the molecule is CN=C(NCCN(C(C)C)C(C)C)NCc1ccc(OCc2ccccn2)cc1. The number of nitrogens with one attached hydrogen (secondary N) is 2. The van der Waals surface area contributed by atoms with Gasteiger partial charge in [0, 0.05) is 45.0 Å². The first-order valence-electron chi connectivity index (χ1n) is 10.3. The maximum Gasteiger partial charge on any atom is 0.191 e. The summed E-state index contributed by atoms with van der Waals surface area (Å²) in [7, 11) is 1.80. The molecule has 1 aromatic carbocycles. The van der Waals surface area contributed by atoms with Crippen molar-refractivity contribution in [3.05, 3.63) is 59.9 Å². The first-order chi connectivity index (χ1) is 14.0. The summed E-state index contributed by atoms with van der Waals surface area (Å²) in [6, 6.07) is 15.0. The van der Waals surface area contributed by atoms with E-state index < -0.39 is 0 Å². The Kier molecular flexibility index (Phi) is 9.44. The molecule has 0 bridgehead atoms. The van der Waals surface area contributed by atoms with E-state index in [0.29, 0.717) is 25.2 Å². The molecule has 6 nitrogen and oxygen atoms in total. The molecule has 6 heteroatoms. The van der Waals surface area contributed by atoms with E-state index in [9.17, 15) is 0 Å². The van der Waals surface area contributed by atoms with Crippen LogP contribution in [0.4, 0.5) is 0 Å². The Bertz CT molecular complexity index is 721. The predicted molar refractivity (Wildman–Crippen MR) is 120 cm³/mol. The Morgan fingerprint density at radius 1 is 1.03 bits per heavy atom. The van der Waals surface area contributed by atoms with E-state index in [1.165, 1.54) is 5.56 Å². The fourth-order valence-electron chi connectivity index (χ4n) is 3.17. The number of guanidine groups is 1. The molecule has 158 valence electrons. The van der Waals surface area contributed by atoms with Crippen LogP contribution in [0, 0.1) is 0 Å². The van der Waals surface area contributed by atoms with Gasteiger partial charge in [-0.05, 0) is 57.5 Å². The maximum atomic E-state index is 5.78. The Labute approximate surface area is 175 Å². The van der Waals surface area contributed by atoms with Gasteiger partial charge in [0.25, 0.3) is 0 Å². The largest absolute Gasteiger partial charge is 0.487 e. The Hall–Kier alpha value is -2.60. The van der Waals surface area contributed by atoms with Crippen LogP contribution >= 0.6 is 0 Å². The zero-order valence-electron chi connectivity index (χ0n) is 18.4. The van der Waals surface area contributed by atoms with Crippen molar-refractivity contribution in [3.8, 4) is 5.75 Å². The number of hydrogen-bond donors (Lipinski definition) is 2. The maximum absolute atomic E-state index is 5.78. The summed E-state index contributed by atoms with van der Waals surface area (Å²) in [5.74, 6) is 1.65. The fourth-order valence-corrected chi connectivity index (χ4v) is 3.17. The number of rotatable bonds is 10. The van der Waals surface area contributed by atoms with Crippen molar-refractivity contribution >= 4 is 5.96 Å². The molecule has 0 fully saturated rings. The average molecular weight is 398 g/mol. The third-order valence-corrected chi connectivity index (χ3v) is 4.71. The van der Waals surface area contributed by atoms with Gasteiger partial charge in [0.15, 0.2) is 5.96 Å². The van der Waals surface area contributed by atoms with Gasteiger partial charge >= 0.3 is 0 Å². The van der Waals surface area contributed by atoms with Gasteiger partial charge < -0.3 is 15.4 Å². The number of aliphatic imine (C=N–C) groups is 1. The van der Waals surface area contributed by atoms with Crippen molar-refractivity contribution in [1.29, 1.82) is 0 Å². The number of ether oxygens (including phenoxy) is 1. The molecule has 2 rings (SSSR count). The van der Waals surface area contributed by atoms with Gasteiger partial charge in [-0.3, -0.25) is 14.9 Å². The molecule has 0 aliphatic carbocycles. The van der Waals surface area contributed by atoms with Crippen molar-refractivity contribution in [2.24, 2.45) is 4.99 Å². The minimum Gasteiger partial charge on any atom is -0.487 e. The topological polar surface area (TPSA) is 61.8 Å². The van der Waals surface area contributed by atoms with Crippen LogP contribution in [0.25, 0.3) is 0 Å². The molecule has 0 saturated heterocycles. The number of aromatic nitrogens is 1. The predicted octanol–water partition coefficient (Wildman–Crippen LogP) is 3.44. The van der Waals surface area contributed by atoms with Crippen LogP contribution in [-0.4, -0.2) is 48.1 Å². The zero-order valence-corrected chi connectivity index (χ0v) is 18.4. The normalized spacial score (nSPS) is 11.9. The van der Waals surface area contributed by atoms with E-state index in [1.54, 1.807) is 13.2 Å². The molecule has 0 unspecified atom stereocenters. The van der Waals surface area contributed by atoms with E-state index in [0.717, 1.165) is 30.5 Å². The summed E-state index contributed by atoms with van der Waals surface area (Å²) < 4.78 is 5.78. The van der Waals surface area contributed by atoms with Crippen molar-refractivity contribution in [3.63, 3.8) is 0 Å².